The lowest BCUT2D eigenvalue weighted by Gasteiger charge is -2.16. The number of anilines is 4. The van der Waals surface area contributed by atoms with Gasteiger partial charge in [0, 0.05) is 135 Å². The fourth-order valence-corrected chi connectivity index (χ4v) is 11.7. The number of imidazole rings is 3. The van der Waals surface area contributed by atoms with Crippen molar-refractivity contribution in [2.45, 2.75) is 82.2 Å². The number of carbonyl (C=O) groups excluding carboxylic acids is 10. The number of ether oxygens (including phenoxy) is 4. The summed E-state index contributed by atoms with van der Waals surface area (Å²) >= 11 is 1.87. The van der Waals surface area contributed by atoms with Crippen molar-refractivity contribution in [3.8, 4) is 5.82 Å². The van der Waals surface area contributed by atoms with Gasteiger partial charge in [0.25, 0.3) is 29.5 Å². The number of urea groups is 1. The summed E-state index contributed by atoms with van der Waals surface area (Å²) in [6.07, 6.45) is 14.2. The smallest absolute Gasteiger partial charge is 0.315 e. The highest BCUT2D eigenvalue weighted by atomic mass is 32.2. The van der Waals surface area contributed by atoms with Crippen molar-refractivity contribution in [1.29, 1.82) is 0 Å². The zero-order valence-electron chi connectivity index (χ0n) is 54.7. The molecule has 3 atom stereocenters. The second kappa shape index (κ2) is 36.8. The summed E-state index contributed by atoms with van der Waals surface area (Å²) in [6.45, 7) is 5.57. The summed E-state index contributed by atoms with van der Waals surface area (Å²) in [5.41, 5.74) is 0.725. The third kappa shape index (κ3) is 22.3. The summed E-state index contributed by atoms with van der Waals surface area (Å²) in [4.78, 5) is 141. The Morgan fingerprint density at radius 3 is 1.74 bits per heavy atom. The number of nitrogens with one attached hydrogen (secondary N) is 11. The third-order valence-corrected chi connectivity index (χ3v) is 16.5. The standard InChI is InChI=1S/C60H84N22O14S/c1-6-14-61-48(84)11-15-66-57(89)53-72-44(34-79(53)4)70-50(86)13-17-65-56(88)42-31-39(68-59(91)54-73-45(35-80(54)5)71-49(85)12-16-64-55(87)41-30-38(32-78(41)3)67-58(90)52-63-18-20-77(52)2)33-82(42)46-36-81(76-75-46)21-23-94-25-27-96-29-28-95-26-24-93-22-19-62-47(83)10-8-7-9-43-51-40(37-97-43)69-60(92)74-51/h18,20,30-36,40,43,51H,6-17,19,21-29,37H2,1-5H3,(H,61,84)(H,62,83)(H,64,87)(H,65,88)(H,66,89)(H,67,90)(H,68,91)(H,70,86)(H,71,85)(H2,69,74,92)/t40-,43-,51-/m0/s1. The first-order valence-corrected chi connectivity index (χ1v) is 32.8. The van der Waals surface area contributed by atoms with Crippen molar-refractivity contribution in [1.82, 2.24) is 90.0 Å². The molecule has 0 saturated carbocycles. The van der Waals surface area contributed by atoms with E-state index in [9.17, 15) is 47.9 Å². The number of thioether (sulfide) groups is 1. The van der Waals surface area contributed by atoms with Gasteiger partial charge < -0.3 is 95.7 Å². The normalized spacial score (nSPS) is 14.6. The molecule has 524 valence electrons. The average Bonchev–Trinajstić information content (AvgIpc) is 1.70. The van der Waals surface area contributed by atoms with E-state index in [0.717, 1.165) is 31.4 Å². The number of carbonyl (C=O) groups is 10. The molecule has 37 heteroatoms. The third-order valence-electron chi connectivity index (χ3n) is 15.0. The highest BCUT2D eigenvalue weighted by molar-refractivity contribution is 8.00. The summed E-state index contributed by atoms with van der Waals surface area (Å²) in [6, 6.07) is 3.15. The maximum absolute atomic E-state index is 13.9. The van der Waals surface area contributed by atoms with Gasteiger partial charge in [-0.05, 0) is 31.4 Å². The van der Waals surface area contributed by atoms with Crippen LogP contribution in [0.2, 0.25) is 0 Å². The van der Waals surface area contributed by atoms with E-state index >= 15 is 0 Å². The molecular weight excluding hydrogens is 1280 g/mol. The summed E-state index contributed by atoms with van der Waals surface area (Å²) in [5, 5.41) is 39.1. The number of rotatable bonds is 41. The van der Waals surface area contributed by atoms with E-state index in [-0.39, 0.29) is 141 Å². The second-order valence-corrected chi connectivity index (χ2v) is 23.8. The fourth-order valence-electron chi connectivity index (χ4n) is 10.1. The van der Waals surface area contributed by atoms with Gasteiger partial charge in [-0.25, -0.2) is 24.4 Å². The number of hydrogen-bond donors (Lipinski definition) is 11. The monoisotopic (exact) mass is 1370 g/mol. The lowest BCUT2D eigenvalue weighted by molar-refractivity contribution is -0.122. The first-order valence-electron chi connectivity index (χ1n) is 31.8. The molecule has 0 aliphatic carbocycles. The molecule has 2 aliphatic rings. The Bertz CT molecular complexity index is 3700. The molecule has 2 saturated heterocycles. The molecule has 0 unspecified atom stereocenters. The Morgan fingerprint density at radius 1 is 0.546 bits per heavy atom. The minimum Gasteiger partial charge on any atom is -0.377 e. The van der Waals surface area contributed by atoms with Crippen molar-refractivity contribution in [3.63, 3.8) is 0 Å². The van der Waals surface area contributed by atoms with Gasteiger partial charge in [-0.15, -0.1) is 5.10 Å². The van der Waals surface area contributed by atoms with Gasteiger partial charge in [0.1, 0.15) is 11.4 Å². The Morgan fingerprint density at radius 2 is 1.10 bits per heavy atom. The predicted molar refractivity (Wildman–Crippen MR) is 352 cm³/mol. The Labute approximate surface area is 561 Å². The minimum atomic E-state index is -0.715. The van der Waals surface area contributed by atoms with Crippen molar-refractivity contribution >= 4 is 94.0 Å². The van der Waals surface area contributed by atoms with Crippen LogP contribution in [0.1, 0.15) is 111 Å². The first-order chi connectivity index (χ1) is 46.8. The summed E-state index contributed by atoms with van der Waals surface area (Å²) < 4.78 is 31.3. The van der Waals surface area contributed by atoms with Crippen LogP contribution < -0.4 is 58.5 Å². The average molecular weight is 1370 g/mol. The molecule has 6 aromatic rings. The van der Waals surface area contributed by atoms with Gasteiger partial charge in [-0.2, -0.15) is 11.8 Å². The van der Waals surface area contributed by atoms with Gasteiger partial charge in [0.05, 0.1) is 89.1 Å². The zero-order chi connectivity index (χ0) is 69.2. The molecule has 0 spiro atoms. The van der Waals surface area contributed by atoms with E-state index in [1.54, 1.807) is 51.3 Å². The SMILES string of the molecule is CCCNC(=O)CCNC(=O)c1nc(NC(=O)CCNC(=O)c2cc(NC(=O)c3nc(NC(=O)CCNC(=O)c4cc(NC(=O)c5nccn5C)cn4C)cn3C)cn2-c2cn(CCOCCOCCOCCOCCNC(=O)CCCC[C@@H]3SC[C@@H]4NC(=O)N[C@@H]43)nn2)cn1C. The largest absolute Gasteiger partial charge is 0.377 e. The van der Waals surface area contributed by atoms with Crippen LogP contribution in [0.3, 0.4) is 0 Å². The van der Waals surface area contributed by atoms with E-state index in [2.05, 4.69) is 83.7 Å². The molecule has 2 aliphatic heterocycles. The summed E-state index contributed by atoms with van der Waals surface area (Å²) in [7, 11) is 6.42. The van der Waals surface area contributed by atoms with Crippen molar-refractivity contribution in [2.75, 3.05) is 113 Å². The van der Waals surface area contributed by atoms with E-state index in [1.807, 2.05) is 18.7 Å². The highest BCUT2D eigenvalue weighted by Gasteiger charge is 2.42. The number of unbranched alkanes of at least 4 members (excludes halogenated alkanes) is 1. The van der Waals surface area contributed by atoms with Crippen LogP contribution in [0, 0.1) is 0 Å². The number of aryl methyl sites for hydroxylation is 4. The Hall–Kier alpha value is -9.98. The number of nitrogens with zero attached hydrogens (tertiary/aromatic N) is 11. The molecule has 11 amide bonds. The summed E-state index contributed by atoms with van der Waals surface area (Å²) in [5.74, 6) is -2.83. The molecule has 0 radical (unpaired) electrons. The number of hydrogen-bond acceptors (Lipinski definition) is 20. The van der Waals surface area contributed by atoms with Gasteiger partial charge >= 0.3 is 6.03 Å². The molecule has 6 aromatic heterocycles. The van der Waals surface area contributed by atoms with Gasteiger partial charge in [-0.3, -0.25) is 47.7 Å². The number of aromatic nitrogens is 11. The Balaban J connectivity index is 0.761. The molecule has 0 bridgehead atoms. The van der Waals surface area contributed by atoms with Crippen LogP contribution in [0.25, 0.3) is 5.82 Å². The molecule has 11 N–H and O–H groups in total. The maximum Gasteiger partial charge on any atom is 0.315 e. The van der Waals surface area contributed by atoms with Gasteiger partial charge in [0.2, 0.25) is 35.3 Å². The number of amides is 11. The molecule has 2 fully saturated rings. The molecule has 97 heavy (non-hydrogen) atoms. The number of fused-ring (bicyclic) bond motifs is 1. The van der Waals surface area contributed by atoms with Crippen LogP contribution in [0.5, 0.6) is 0 Å². The highest BCUT2D eigenvalue weighted by Crippen LogP contribution is 2.33. The Kier molecular flexibility index (Phi) is 27.6. The fraction of sp³-hybridized carbons (Fsp3) is 0.517. The minimum absolute atomic E-state index is 0.000267. The molecule has 0 aromatic carbocycles. The van der Waals surface area contributed by atoms with E-state index in [1.165, 1.54) is 59.9 Å². The second-order valence-electron chi connectivity index (χ2n) is 22.6. The molecular formula is C60H84N22O14S. The topological polar surface area (TPSA) is 434 Å². The quantitative estimate of drug-likeness (QED) is 0.0180. The first kappa shape index (κ1) is 72.8. The van der Waals surface area contributed by atoms with E-state index in [4.69, 9.17) is 18.9 Å². The predicted octanol–water partition coefficient (Wildman–Crippen LogP) is 0.184. The lowest BCUT2D eigenvalue weighted by Crippen LogP contribution is -2.36. The molecule has 36 nitrogen and oxygen atoms in total. The zero-order valence-corrected chi connectivity index (χ0v) is 55.6. The van der Waals surface area contributed by atoms with Crippen molar-refractivity contribution < 1.29 is 66.9 Å². The van der Waals surface area contributed by atoms with Crippen LogP contribution >= 0.6 is 11.8 Å². The van der Waals surface area contributed by atoms with E-state index in [0.29, 0.717) is 70.1 Å². The van der Waals surface area contributed by atoms with Gasteiger partial charge in [0.15, 0.2) is 23.3 Å². The van der Waals surface area contributed by atoms with Crippen LogP contribution in [-0.4, -0.2) is 221 Å². The van der Waals surface area contributed by atoms with Crippen LogP contribution in [0.15, 0.2) is 55.5 Å². The van der Waals surface area contributed by atoms with E-state index < -0.39 is 41.4 Å². The molecule has 8 heterocycles. The van der Waals surface area contributed by atoms with Crippen molar-refractivity contribution in [2.24, 2.45) is 28.2 Å². The van der Waals surface area contributed by atoms with Crippen LogP contribution in [0.4, 0.5) is 27.8 Å². The maximum atomic E-state index is 13.9. The molecule has 8 rings (SSSR count). The van der Waals surface area contributed by atoms with Crippen molar-refractivity contribution in [3.05, 3.63) is 84.4 Å². The lowest BCUT2D eigenvalue weighted by atomic mass is 10.0. The van der Waals surface area contributed by atoms with Gasteiger partial charge in [-0.1, -0.05) is 18.6 Å². The van der Waals surface area contributed by atoms with Crippen LogP contribution in [-0.2, 0) is 72.9 Å².